The average Bonchev–Trinajstić information content (AvgIpc) is 2.72. The van der Waals surface area contributed by atoms with Gasteiger partial charge in [0.1, 0.15) is 0 Å². The first-order valence-electron chi connectivity index (χ1n) is 5.38. The van der Waals surface area contributed by atoms with Gasteiger partial charge in [0.2, 0.25) is 5.76 Å². The van der Waals surface area contributed by atoms with Crippen molar-refractivity contribution in [3.8, 4) is 0 Å². The summed E-state index contributed by atoms with van der Waals surface area (Å²) in [5, 5.41) is 11.6. The van der Waals surface area contributed by atoms with Crippen molar-refractivity contribution < 1.29 is 19.1 Å². The molecular weight excluding hydrogens is 210 g/mol. The lowest BCUT2D eigenvalue weighted by molar-refractivity contribution is 0.0663. The number of anilines is 1. The molecule has 1 rings (SSSR count). The highest BCUT2D eigenvalue weighted by molar-refractivity contribution is 5.84. The number of carboxylic acid groups (broad SMARTS) is 1. The molecule has 0 aromatic carbocycles. The summed E-state index contributed by atoms with van der Waals surface area (Å²) in [6.07, 6.45) is 1.89. The molecule has 5 heteroatoms. The Morgan fingerprint density at radius 1 is 1.50 bits per heavy atom. The Hall–Kier alpha value is -1.49. The third-order valence-electron chi connectivity index (χ3n) is 1.93. The minimum Gasteiger partial charge on any atom is -0.475 e. The fraction of sp³-hybridized carbons (Fsp3) is 0.545. The lowest BCUT2D eigenvalue weighted by atomic mass is 10.4. The normalized spacial score (nSPS) is 10.3. The van der Waals surface area contributed by atoms with Gasteiger partial charge in [-0.05, 0) is 18.9 Å². The number of nitrogens with one attached hydrogen (secondary N) is 1. The summed E-state index contributed by atoms with van der Waals surface area (Å²) in [5.41, 5.74) is 0. The van der Waals surface area contributed by atoms with Crippen LogP contribution in [0.3, 0.4) is 0 Å². The van der Waals surface area contributed by atoms with Crippen LogP contribution >= 0.6 is 0 Å². The molecule has 1 heterocycles. The number of carboxylic acids is 1. The van der Waals surface area contributed by atoms with E-state index in [9.17, 15) is 4.79 Å². The zero-order valence-corrected chi connectivity index (χ0v) is 9.36. The summed E-state index contributed by atoms with van der Waals surface area (Å²) in [5.74, 6) is -0.628. The largest absolute Gasteiger partial charge is 0.475 e. The van der Waals surface area contributed by atoms with Crippen LogP contribution in [0.1, 0.15) is 30.3 Å². The Morgan fingerprint density at radius 3 is 2.94 bits per heavy atom. The molecule has 0 spiro atoms. The fourth-order valence-electron chi connectivity index (χ4n) is 1.18. The fourth-order valence-corrected chi connectivity index (χ4v) is 1.18. The van der Waals surface area contributed by atoms with E-state index < -0.39 is 5.97 Å². The van der Waals surface area contributed by atoms with Gasteiger partial charge in [0, 0.05) is 25.8 Å². The van der Waals surface area contributed by atoms with E-state index in [0.717, 1.165) is 19.4 Å². The van der Waals surface area contributed by atoms with E-state index >= 15 is 0 Å². The van der Waals surface area contributed by atoms with Crippen LogP contribution in [0.4, 0.5) is 5.88 Å². The quantitative estimate of drug-likeness (QED) is 0.666. The van der Waals surface area contributed by atoms with Crippen LogP contribution in [0.2, 0.25) is 0 Å². The first-order valence-corrected chi connectivity index (χ1v) is 5.38. The van der Waals surface area contributed by atoms with Crippen molar-refractivity contribution in [3.05, 3.63) is 17.9 Å². The molecule has 0 atom stereocenters. The van der Waals surface area contributed by atoms with Gasteiger partial charge < -0.3 is 19.6 Å². The summed E-state index contributed by atoms with van der Waals surface area (Å²) in [4.78, 5) is 10.5. The third kappa shape index (κ3) is 4.35. The van der Waals surface area contributed by atoms with Gasteiger partial charge >= 0.3 is 5.97 Å². The monoisotopic (exact) mass is 227 g/mol. The molecule has 1 aromatic rings. The molecule has 0 aliphatic rings. The Balaban J connectivity index is 2.14. The maximum Gasteiger partial charge on any atom is 0.371 e. The number of hydrogen-bond acceptors (Lipinski definition) is 4. The smallest absolute Gasteiger partial charge is 0.371 e. The van der Waals surface area contributed by atoms with Crippen LogP contribution in [-0.2, 0) is 4.74 Å². The van der Waals surface area contributed by atoms with Crippen molar-refractivity contribution in [1.29, 1.82) is 0 Å². The molecule has 2 N–H and O–H groups in total. The predicted molar refractivity (Wildman–Crippen MR) is 59.9 cm³/mol. The lowest BCUT2D eigenvalue weighted by Gasteiger charge is -2.03. The molecule has 1 aromatic heterocycles. The van der Waals surface area contributed by atoms with Crippen molar-refractivity contribution in [2.75, 3.05) is 25.1 Å². The second kappa shape index (κ2) is 6.90. The predicted octanol–water partition coefficient (Wildman–Crippen LogP) is 2.21. The molecule has 90 valence electrons. The Labute approximate surface area is 94.4 Å². The highest BCUT2D eigenvalue weighted by Gasteiger charge is 2.07. The second-order valence-corrected chi connectivity index (χ2v) is 3.36. The Kier molecular flexibility index (Phi) is 5.42. The van der Waals surface area contributed by atoms with Gasteiger partial charge in [-0.15, -0.1) is 0 Å². The number of carbonyl (C=O) groups is 1. The highest BCUT2D eigenvalue weighted by Crippen LogP contribution is 2.12. The van der Waals surface area contributed by atoms with Crippen molar-refractivity contribution in [1.82, 2.24) is 0 Å². The van der Waals surface area contributed by atoms with Gasteiger partial charge in [0.15, 0.2) is 5.88 Å². The van der Waals surface area contributed by atoms with E-state index in [1.807, 2.05) is 0 Å². The molecule has 5 nitrogen and oxygen atoms in total. The van der Waals surface area contributed by atoms with Crippen molar-refractivity contribution in [2.24, 2.45) is 0 Å². The van der Waals surface area contributed by atoms with Crippen LogP contribution in [-0.4, -0.2) is 30.8 Å². The van der Waals surface area contributed by atoms with Crippen LogP contribution in [0.15, 0.2) is 16.5 Å². The summed E-state index contributed by atoms with van der Waals surface area (Å²) in [6.45, 7) is 4.25. The van der Waals surface area contributed by atoms with E-state index in [4.69, 9.17) is 14.3 Å². The molecule has 0 saturated heterocycles. The Morgan fingerprint density at radius 2 is 2.31 bits per heavy atom. The minimum atomic E-state index is -1.06. The average molecular weight is 227 g/mol. The summed E-state index contributed by atoms with van der Waals surface area (Å²) >= 11 is 0. The zero-order chi connectivity index (χ0) is 11.8. The van der Waals surface area contributed by atoms with Crippen molar-refractivity contribution in [3.63, 3.8) is 0 Å². The van der Waals surface area contributed by atoms with Crippen LogP contribution < -0.4 is 5.32 Å². The summed E-state index contributed by atoms with van der Waals surface area (Å²) in [6, 6.07) is 3.04. The summed E-state index contributed by atoms with van der Waals surface area (Å²) in [7, 11) is 0. The number of ether oxygens (including phenoxy) is 1. The molecule has 0 amide bonds. The molecule has 0 radical (unpaired) electrons. The summed E-state index contributed by atoms with van der Waals surface area (Å²) < 4.78 is 10.3. The number of hydrogen-bond donors (Lipinski definition) is 2. The standard InChI is InChI=1S/C11H17NO4/c1-2-7-15-8-3-6-12-10-5-4-9(16-10)11(13)14/h4-5,12H,2-3,6-8H2,1H3,(H,13,14). The van der Waals surface area contributed by atoms with Crippen molar-refractivity contribution in [2.45, 2.75) is 19.8 Å². The molecule has 0 fully saturated rings. The first-order chi connectivity index (χ1) is 7.74. The number of aromatic carboxylic acids is 1. The van der Waals surface area contributed by atoms with Gasteiger partial charge in [-0.1, -0.05) is 6.92 Å². The topological polar surface area (TPSA) is 71.7 Å². The van der Waals surface area contributed by atoms with E-state index in [0.29, 0.717) is 19.0 Å². The maximum absolute atomic E-state index is 10.5. The van der Waals surface area contributed by atoms with Gasteiger partial charge in [-0.2, -0.15) is 0 Å². The zero-order valence-electron chi connectivity index (χ0n) is 9.36. The van der Waals surface area contributed by atoms with E-state index in [1.54, 1.807) is 6.07 Å². The SMILES string of the molecule is CCCOCCCNc1ccc(C(=O)O)o1. The van der Waals surface area contributed by atoms with Crippen LogP contribution in [0, 0.1) is 0 Å². The number of rotatable bonds is 8. The van der Waals surface area contributed by atoms with Crippen LogP contribution in [0.25, 0.3) is 0 Å². The molecule has 0 unspecified atom stereocenters. The van der Waals surface area contributed by atoms with Crippen LogP contribution in [0.5, 0.6) is 0 Å². The maximum atomic E-state index is 10.5. The van der Waals surface area contributed by atoms with Gasteiger partial charge in [-0.3, -0.25) is 0 Å². The molecule has 0 saturated carbocycles. The van der Waals surface area contributed by atoms with Gasteiger partial charge in [-0.25, -0.2) is 4.79 Å². The Bertz CT molecular complexity index is 322. The van der Waals surface area contributed by atoms with E-state index in [2.05, 4.69) is 12.2 Å². The van der Waals surface area contributed by atoms with E-state index in [-0.39, 0.29) is 5.76 Å². The molecule has 0 bridgehead atoms. The van der Waals surface area contributed by atoms with E-state index in [1.165, 1.54) is 6.07 Å². The molecule has 16 heavy (non-hydrogen) atoms. The van der Waals surface area contributed by atoms with Crippen molar-refractivity contribution >= 4 is 11.9 Å². The molecule has 0 aliphatic carbocycles. The first kappa shape index (κ1) is 12.6. The molecular formula is C11H17NO4. The second-order valence-electron chi connectivity index (χ2n) is 3.36. The van der Waals surface area contributed by atoms with Gasteiger partial charge in [0.05, 0.1) is 0 Å². The third-order valence-corrected chi connectivity index (χ3v) is 1.93. The number of furan rings is 1. The van der Waals surface area contributed by atoms with Gasteiger partial charge in [0.25, 0.3) is 0 Å². The molecule has 0 aliphatic heterocycles. The lowest BCUT2D eigenvalue weighted by Crippen LogP contribution is -2.05. The minimum absolute atomic E-state index is 0.0512. The highest BCUT2D eigenvalue weighted by atomic mass is 16.5.